The Morgan fingerprint density at radius 3 is 2.43 bits per heavy atom. The van der Waals surface area contributed by atoms with Gasteiger partial charge >= 0.3 is 11.9 Å². The zero-order valence-corrected chi connectivity index (χ0v) is 8.33. The first-order valence-electron chi connectivity index (χ1n) is 3.63. The minimum Gasteiger partial charge on any atom is -0.481 e. The van der Waals surface area contributed by atoms with E-state index in [1.54, 1.807) is 0 Å². The predicted molar refractivity (Wildman–Crippen MR) is 46.1 cm³/mol. The van der Waals surface area contributed by atoms with Gasteiger partial charge in [0.2, 0.25) is 10.0 Å². The molecular weight excluding hydrogens is 214 g/mol. The number of carboxylic acids is 1. The number of aliphatic carboxylic acids is 1. The van der Waals surface area contributed by atoms with E-state index in [1.165, 1.54) is 0 Å². The van der Waals surface area contributed by atoms with E-state index in [4.69, 9.17) is 5.11 Å². The third-order valence-corrected chi connectivity index (χ3v) is 2.46. The van der Waals surface area contributed by atoms with Gasteiger partial charge in [-0.15, -0.1) is 0 Å². The van der Waals surface area contributed by atoms with E-state index < -0.39 is 27.7 Å². The van der Waals surface area contributed by atoms with Gasteiger partial charge in [0.1, 0.15) is 0 Å². The van der Waals surface area contributed by atoms with E-state index in [2.05, 4.69) is 4.74 Å². The average molecular weight is 225 g/mol. The van der Waals surface area contributed by atoms with Gasteiger partial charge in [-0.25, -0.2) is 13.1 Å². The monoisotopic (exact) mass is 225 g/mol. The summed E-state index contributed by atoms with van der Waals surface area (Å²) < 4.78 is 28.0. The first-order valence-corrected chi connectivity index (χ1v) is 5.28. The van der Waals surface area contributed by atoms with Gasteiger partial charge in [-0.3, -0.25) is 9.59 Å². The number of carbonyl (C=O) groups excluding carboxylic acids is 1. The topological polar surface area (TPSA) is 110 Å². The summed E-state index contributed by atoms with van der Waals surface area (Å²) in [5.41, 5.74) is 0. The van der Waals surface area contributed by atoms with Crippen molar-refractivity contribution in [1.29, 1.82) is 0 Å². The number of esters is 1. The third-order valence-electron chi connectivity index (χ3n) is 1.20. The lowest BCUT2D eigenvalue weighted by Gasteiger charge is -2.03. The fourth-order valence-corrected chi connectivity index (χ4v) is 1.52. The molecule has 0 saturated carbocycles. The van der Waals surface area contributed by atoms with E-state index in [0.717, 1.165) is 7.11 Å². The predicted octanol–water partition coefficient (Wildman–Crippen LogP) is -1.45. The Balaban J connectivity index is 3.96. The third kappa shape index (κ3) is 6.38. The average Bonchev–Trinajstić information content (AvgIpc) is 2.02. The number of methoxy groups -OCH3 is 1. The number of nitrogens with one attached hydrogen (secondary N) is 1. The van der Waals surface area contributed by atoms with Gasteiger partial charge in [0, 0.05) is 6.54 Å². The fourth-order valence-electron chi connectivity index (χ4n) is 0.579. The largest absolute Gasteiger partial charge is 0.481 e. The molecule has 0 radical (unpaired) electrons. The zero-order valence-electron chi connectivity index (χ0n) is 7.52. The minimum atomic E-state index is -3.78. The number of rotatable bonds is 6. The molecule has 2 N–H and O–H groups in total. The van der Waals surface area contributed by atoms with Gasteiger partial charge in [0.05, 0.1) is 13.5 Å². The molecule has 0 aliphatic rings. The normalized spacial score (nSPS) is 10.9. The van der Waals surface area contributed by atoms with Gasteiger partial charge in [0.15, 0.2) is 5.75 Å². The Labute approximate surface area is 81.1 Å². The molecule has 0 bridgehead atoms. The summed E-state index contributed by atoms with van der Waals surface area (Å²) in [6.07, 6.45) is -0.333. The summed E-state index contributed by atoms with van der Waals surface area (Å²) in [4.78, 5) is 20.6. The van der Waals surface area contributed by atoms with Gasteiger partial charge in [0.25, 0.3) is 0 Å². The van der Waals surface area contributed by atoms with Gasteiger partial charge < -0.3 is 9.84 Å². The van der Waals surface area contributed by atoms with Crippen molar-refractivity contribution in [3.63, 3.8) is 0 Å². The van der Waals surface area contributed by atoms with Crippen molar-refractivity contribution in [3.8, 4) is 0 Å². The molecule has 0 aromatic carbocycles. The molecule has 0 rings (SSSR count). The molecule has 0 spiro atoms. The van der Waals surface area contributed by atoms with Crippen LogP contribution < -0.4 is 4.72 Å². The molecule has 14 heavy (non-hydrogen) atoms. The van der Waals surface area contributed by atoms with Crippen molar-refractivity contribution >= 4 is 22.0 Å². The highest BCUT2D eigenvalue weighted by atomic mass is 32.2. The quantitative estimate of drug-likeness (QED) is 0.535. The number of hydrogen-bond donors (Lipinski definition) is 2. The number of carbonyl (C=O) groups is 2. The van der Waals surface area contributed by atoms with Crippen LogP contribution in [0.1, 0.15) is 6.42 Å². The molecule has 0 aliphatic carbocycles. The summed E-state index contributed by atoms with van der Waals surface area (Å²) >= 11 is 0. The molecule has 0 aromatic heterocycles. The molecule has 0 atom stereocenters. The molecule has 0 heterocycles. The summed E-state index contributed by atoms with van der Waals surface area (Å²) in [7, 11) is -2.71. The lowest BCUT2D eigenvalue weighted by Crippen LogP contribution is -2.32. The number of sulfonamides is 1. The van der Waals surface area contributed by atoms with Crippen LogP contribution in [-0.4, -0.2) is 44.9 Å². The van der Waals surface area contributed by atoms with Crippen LogP contribution in [0.2, 0.25) is 0 Å². The van der Waals surface area contributed by atoms with Crippen LogP contribution in [0.25, 0.3) is 0 Å². The van der Waals surface area contributed by atoms with Crippen LogP contribution in [-0.2, 0) is 24.3 Å². The number of carboxylic acid groups (broad SMARTS) is 1. The highest BCUT2D eigenvalue weighted by molar-refractivity contribution is 7.90. The van der Waals surface area contributed by atoms with Crippen LogP contribution in [0, 0.1) is 0 Å². The molecule has 0 aliphatic heterocycles. The molecule has 0 saturated heterocycles. The Hall–Kier alpha value is -1.15. The lowest BCUT2D eigenvalue weighted by molar-refractivity contribution is -0.138. The van der Waals surface area contributed by atoms with Crippen molar-refractivity contribution in [1.82, 2.24) is 4.72 Å². The van der Waals surface area contributed by atoms with Gasteiger partial charge in [-0.1, -0.05) is 0 Å². The van der Waals surface area contributed by atoms with Crippen molar-refractivity contribution in [2.24, 2.45) is 0 Å². The molecule has 8 heteroatoms. The molecule has 0 fully saturated rings. The first-order chi connectivity index (χ1) is 6.37. The maximum atomic E-state index is 11.0. The molecule has 0 unspecified atom stereocenters. The van der Waals surface area contributed by atoms with E-state index in [1.807, 2.05) is 4.72 Å². The maximum Gasteiger partial charge on any atom is 0.322 e. The molecule has 0 aromatic rings. The van der Waals surface area contributed by atoms with Crippen molar-refractivity contribution in [3.05, 3.63) is 0 Å². The SMILES string of the molecule is COC(=O)CS(=O)(=O)NCCC(=O)O. The highest BCUT2D eigenvalue weighted by Crippen LogP contribution is 1.87. The minimum absolute atomic E-state index is 0.241. The van der Waals surface area contributed by atoms with Crippen LogP contribution in [0.3, 0.4) is 0 Å². The Kier molecular flexibility index (Phi) is 5.10. The zero-order chi connectivity index (χ0) is 11.2. The van der Waals surface area contributed by atoms with Crippen molar-refractivity contribution < 1.29 is 27.9 Å². The van der Waals surface area contributed by atoms with Crippen LogP contribution in [0.4, 0.5) is 0 Å². The van der Waals surface area contributed by atoms with Crippen molar-refractivity contribution in [2.45, 2.75) is 6.42 Å². The van der Waals surface area contributed by atoms with Crippen LogP contribution >= 0.6 is 0 Å². The maximum absolute atomic E-state index is 11.0. The fraction of sp³-hybridized carbons (Fsp3) is 0.667. The smallest absolute Gasteiger partial charge is 0.322 e. The number of hydrogen-bond acceptors (Lipinski definition) is 5. The summed E-state index contributed by atoms with van der Waals surface area (Å²) in [6.45, 7) is -0.241. The second kappa shape index (κ2) is 5.55. The summed E-state index contributed by atoms with van der Waals surface area (Å²) in [6, 6.07) is 0. The lowest BCUT2D eigenvalue weighted by atomic mass is 10.5. The van der Waals surface area contributed by atoms with Gasteiger partial charge in [-0.05, 0) is 0 Å². The van der Waals surface area contributed by atoms with Crippen LogP contribution in [0.5, 0.6) is 0 Å². The Morgan fingerprint density at radius 2 is 2.00 bits per heavy atom. The Bertz CT molecular complexity index is 308. The first kappa shape index (κ1) is 12.8. The van der Waals surface area contributed by atoms with Crippen LogP contribution in [0.15, 0.2) is 0 Å². The van der Waals surface area contributed by atoms with E-state index in [0.29, 0.717) is 0 Å². The molecule has 0 amide bonds. The van der Waals surface area contributed by atoms with E-state index >= 15 is 0 Å². The summed E-state index contributed by atoms with van der Waals surface area (Å²) in [5, 5.41) is 8.21. The number of ether oxygens (including phenoxy) is 1. The highest BCUT2D eigenvalue weighted by Gasteiger charge is 2.16. The van der Waals surface area contributed by atoms with Crippen molar-refractivity contribution in [2.75, 3.05) is 19.4 Å². The van der Waals surface area contributed by atoms with E-state index in [-0.39, 0.29) is 13.0 Å². The molecular formula is C6H11NO6S. The van der Waals surface area contributed by atoms with Gasteiger partial charge in [-0.2, -0.15) is 0 Å². The molecule has 7 nitrogen and oxygen atoms in total. The second-order valence-electron chi connectivity index (χ2n) is 2.37. The molecule has 82 valence electrons. The van der Waals surface area contributed by atoms with E-state index in [9.17, 15) is 18.0 Å². The second-order valence-corrected chi connectivity index (χ2v) is 4.18. The Morgan fingerprint density at radius 1 is 1.43 bits per heavy atom. The summed E-state index contributed by atoms with van der Waals surface area (Å²) in [5.74, 6) is -2.82. The standard InChI is InChI=1S/C6H11NO6S/c1-13-6(10)4-14(11,12)7-3-2-5(8)9/h7H,2-4H2,1H3,(H,8,9).